The van der Waals surface area contributed by atoms with Gasteiger partial charge in [0.1, 0.15) is 5.82 Å². The second-order valence-corrected chi connectivity index (χ2v) is 5.80. The zero-order chi connectivity index (χ0) is 15.4. The van der Waals surface area contributed by atoms with Gasteiger partial charge in [0.25, 0.3) is 0 Å². The minimum absolute atomic E-state index is 0.292. The van der Waals surface area contributed by atoms with Crippen LogP contribution in [0.15, 0.2) is 30.7 Å². The van der Waals surface area contributed by atoms with Gasteiger partial charge in [-0.3, -0.25) is 0 Å². The third kappa shape index (κ3) is 3.22. The van der Waals surface area contributed by atoms with Crippen LogP contribution in [0.25, 0.3) is 0 Å². The molecule has 118 valence electrons. The number of nitrogens with one attached hydrogen (secondary N) is 1. The van der Waals surface area contributed by atoms with Crippen LogP contribution in [0.3, 0.4) is 0 Å². The Bertz CT molecular complexity index is 604. The Hall–Kier alpha value is -2.08. The minimum Gasteiger partial charge on any atom is -0.396 e. The van der Waals surface area contributed by atoms with Gasteiger partial charge in [-0.05, 0) is 30.9 Å². The molecule has 0 spiro atoms. The number of aliphatic hydroxyl groups excluding tert-OH is 1. The topological polar surface area (TPSA) is 66.2 Å². The van der Waals surface area contributed by atoms with Crippen LogP contribution >= 0.6 is 0 Å². The summed E-state index contributed by atoms with van der Waals surface area (Å²) in [6.07, 6.45) is 7.62. The Morgan fingerprint density at radius 2 is 2.09 bits per heavy atom. The van der Waals surface area contributed by atoms with Crippen LogP contribution < -0.4 is 10.2 Å². The Balaban J connectivity index is 1.69. The fourth-order valence-electron chi connectivity index (χ4n) is 2.86. The fraction of sp³-hybridized carbons (Fsp3) is 0.500. The molecule has 0 radical (unpaired) electrons. The van der Waals surface area contributed by atoms with Crippen molar-refractivity contribution in [2.24, 2.45) is 13.0 Å². The summed E-state index contributed by atoms with van der Waals surface area (Å²) in [4.78, 5) is 11.2. The summed E-state index contributed by atoms with van der Waals surface area (Å²) in [5.41, 5.74) is 1.04. The van der Waals surface area contributed by atoms with E-state index in [4.69, 9.17) is 0 Å². The lowest BCUT2D eigenvalue weighted by Gasteiger charge is -2.33. The summed E-state index contributed by atoms with van der Waals surface area (Å²) >= 11 is 0. The SMILES string of the molecule is Cn1ccnc1CNc1cccnc1N1CCC(CO)CC1. The Morgan fingerprint density at radius 1 is 1.27 bits per heavy atom. The molecule has 0 saturated carbocycles. The molecule has 3 heterocycles. The molecule has 2 N–H and O–H groups in total. The van der Waals surface area contributed by atoms with Crippen LogP contribution in [0, 0.1) is 5.92 Å². The molecule has 0 bridgehead atoms. The molecule has 1 aliphatic rings. The molecule has 1 saturated heterocycles. The van der Waals surface area contributed by atoms with Crippen LogP contribution in [-0.4, -0.2) is 39.3 Å². The zero-order valence-electron chi connectivity index (χ0n) is 12.9. The Labute approximate surface area is 130 Å². The molecule has 0 amide bonds. The van der Waals surface area contributed by atoms with Crippen molar-refractivity contribution in [3.8, 4) is 0 Å². The summed E-state index contributed by atoms with van der Waals surface area (Å²) in [6.45, 7) is 2.86. The Morgan fingerprint density at radius 3 is 2.77 bits per heavy atom. The highest BCUT2D eigenvalue weighted by Gasteiger charge is 2.21. The molecule has 6 heteroatoms. The summed E-state index contributed by atoms with van der Waals surface area (Å²) in [6, 6.07) is 4.01. The van der Waals surface area contributed by atoms with Crippen molar-refractivity contribution in [2.75, 3.05) is 29.9 Å². The number of pyridine rings is 1. The third-order valence-corrected chi connectivity index (χ3v) is 4.32. The van der Waals surface area contributed by atoms with Crippen LogP contribution in [-0.2, 0) is 13.6 Å². The first-order valence-corrected chi connectivity index (χ1v) is 7.79. The highest BCUT2D eigenvalue weighted by molar-refractivity contribution is 5.65. The molecular weight excluding hydrogens is 278 g/mol. The monoisotopic (exact) mass is 301 g/mol. The number of imidazole rings is 1. The summed E-state index contributed by atoms with van der Waals surface area (Å²) in [7, 11) is 1.99. The van der Waals surface area contributed by atoms with E-state index in [0.29, 0.717) is 19.1 Å². The van der Waals surface area contributed by atoms with Crippen LogP contribution in [0.2, 0.25) is 0 Å². The molecule has 0 aromatic carbocycles. The first kappa shape index (κ1) is 14.8. The van der Waals surface area contributed by atoms with E-state index >= 15 is 0 Å². The largest absolute Gasteiger partial charge is 0.396 e. The number of anilines is 2. The van der Waals surface area contributed by atoms with Gasteiger partial charge in [0, 0.05) is 45.3 Å². The number of aromatic nitrogens is 3. The maximum atomic E-state index is 9.26. The molecule has 2 aromatic heterocycles. The number of hydrogen-bond acceptors (Lipinski definition) is 5. The van der Waals surface area contributed by atoms with Crippen molar-refractivity contribution in [1.29, 1.82) is 0 Å². The number of nitrogens with zero attached hydrogens (tertiary/aromatic N) is 4. The molecule has 3 rings (SSSR count). The number of rotatable bonds is 5. The first-order chi connectivity index (χ1) is 10.8. The molecule has 6 nitrogen and oxygen atoms in total. The second-order valence-electron chi connectivity index (χ2n) is 5.80. The third-order valence-electron chi connectivity index (χ3n) is 4.32. The van der Waals surface area contributed by atoms with E-state index in [9.17, 15) is 5.11 Å². The fourth-order valence-corrected chi connectivity index (χ4v) is 2.86. The quantitative estimate of drug-likeness (QED) is 0.879. The Kier molecular flexibility index (Phi) is 4.58. The smallest absolute Gasteiger partial charge is 0.151 e. The van der Waals surface area contributed by atoms with E-state index in [2.05, 4.69) is 26.3 Å². The molecule has 1 fully saturated rings. The van der Waals surface area contributed by atoms with Gasteiger partial charge in [-0.15, -0.1) is 0 Å². The molecule has 22 heavy (non-hydrogen) atoms. The number of aliphatic hydroxyl groups is 1. The van der Waals surface area contributed by atoms with Gasteiger partial charge in [-0.25, -0.2) is 9.97 Å². The standard InChI is InChI=1S/C16H23N5O/c1-20-10-7-17-15(20)11-19-14-3-2-6-18-16(14)21-8-4-13(12-22)5-9-21/h2-3,6-7,10,13,19,22H,4-5,8-9,11-12H2,1H3. The summed E-state index contributed by atoms with van der Waals surface area (Å²) < 4.78 is 2.01. The molecule has 2 aromatic rings. The van der Waals surface area contributed by atoms with Crippen molar-refractivity contribution < 1.29 is 5.11 Å². The van der Waals surface area contributed by atoms with Crippen LogP contribution in [0.4, 0.5) is 11.5 Å². The van der Waals surface area contributed by atoms with Crippen LogP contribution in [0.1, 0.15) is 18.7 Å². The lowest BCUT2D eigenvalue weighted by atomic mass is 9.98. The van der Waals surface area contributed by atoms with E-state index in [1.165, 1.54) is 0 Å². The molecular formula is C16H23N5O. The average molecular weight is 301 g/mol. The summed E-state index contributed by atoms with van der Waals surface area (Å²) in [5.74, 6) is 2.42. The van der Waals surface area contributed by atoms with Gasteiger partial charge in [-0.1, -0.05) is 0 Å². The minimum atomic E-state index is 0.292. The van der Waals surface area contributed by atoms with Crippen molar-refractivity contribution in [3.63, 3.8) is 0 Å². The maximum Gasteiger partial charge on any atom is 0.151 e. The van der Waals surface area contributed by atoms with E-state index in [0.717, 1.165) is 43.3 Å². The second kappa shape index (κ2) is 6.79. The highest BCUT2D eigenvalue weighted by Crippen LogP contribution is 2.27. The molecule has 0 unspecified atom stereocenters. The van der Waals surface area contributed by atoms with Crippen molar-refractivity contribution in [1.82, 2.24) is 14.5 Å². The van der Waals surface area contributed by atoms with Gasteiger partial charge in [0.05, 0.1) is 12.2 Å². The normalized spacial score (nSPS) is 16.0. The van der Waals surface area contributed by atoms with Crippen molar-refractivity contribution in [2.45, 2.75) is 19.4 Å². The van der Waals surface area contributed by atoms with E-state index < -0.39 is 0 Å². The molecule has 0 aliphatic carbocycles. The van der Waals surface area contributed by atoms with E-state index in [-0.39, 0.29) is 0 Å². The first-order valence-electron chi connectivity index (χ1n) is 7.79. The summed E-state index contributed by atoms with van der Waals surface area (Å²) in [5, 5.41) is 12.7. The zero-order valence-corrected chi connectivity index (χ0v) is 12.9. The highest BCUT2D eigenvalue weighted by atomic mass is 16.3. The van der Waals surface area contributed by atoms with Crippen LogP contribution in [0.5, 0.6) is 0 Å². The molecule has 0 atom stereocenters. The number of piperidine rings is 1. The van der Waals surface area contributed by atoms with Gasteiger partial charge >= 0.3 is 0 Å². The lowest BCUT2D eigenvalue weighted by molar-refractivity contribution is 0.203. The van der Waals surface area contributed by atoms with E-state index in [1.807, 2.05) is 30.1 Å². The van der Waals surface area contributed by atoms with Gasteiger partial charge < -0.3 is 19.9 Å². The van der Waals surface area contributed by atoms with E-state index in [1.54, 1.807) is 6.20 Å². The maximum absolute atomic E-state index is 9.26. The van der Waals surface area contributed by atoms with Gasteiger partial charge in [0.2, 0.25) is 0 Å². The predicted octanol–water partition coefficient (Wildman–Crippen LogP) is 1.64. The number of hydrogen-bond donors (Lipinski definition) is 2. The average Bonchev–Trinajstić information content (AvgIpc) is 2.98. The van der Waals surface area contributed by atoms with Gasteiger partial charge in [0.15, 0.2) is 5.82 Å². The van der Waals surface area contributed by atoms with Crippen molar-refractivity contribution >= 4 is 11.5 Å². The van der Waals surface area contributed by atoms with Gasteiger partial charge in [-0.2, -0.15) is 0 Å². The predicted molar refractivity (Wildman–Crippen MR) is 86.8 cm³/mol. The lowest BCUT2D eigenvalue weighted by Crippen LogP contribution is -2.35. The molecule has 1 aliphatic heterocycles. The number of aryl methyl sites for hydroxylation is 1. The van der Waals surface area contributed by atoms with Crippen molar-refractivity contribution in [3.05, 3.63) is 36.5 Å².